The predicted octanol–water partition coefficient (Wildman–Crippen LogP) is 3.19. The first-order valence-corrected chi connectivity index (χ1v) is 11.0. The fraction of sp³-hybridized carbons (Fsp3) is 0.417. The van der Waals surface area contributed by atoms with Gasteiger partial charge in [-0.3, -0.25) is 4.79 Å². The van der Waals surface area contributed by atoms with Gasteiger partial charge in [0.05, 0.1) is 0 Å². The monoisotopic (exact) mass is 452 g/mol. The number of hydrogen-bond donors (Lipinski definition) is 2. The molecule has 0 radical (unpaired) electrons. The molecule has 3 fully saturated rings. The van der Waals surface area contributed by atoms with Crippen LogP contribution in [0.1, 0.15) is 29.8 Å². The number of nitrogens with zero attached hydrogens (tertiary/aromatic N) is 2. The lowest BCUT2D eigenvalue weighted by atomic mass is 10.1. The van der Waals surface area contributed by atoms with Crippen molar-refractivity contribution in [2.45, 2.75) is 51.1 Å². The zero-order chi connectivity index (χ0) is 23.3. The molecule has 5 rings (SSSR count). The number of benzene rings is 2. The van der Waals surface area contributed by atoms with Crippen LogP contribution in [0.3, 0.4) is 0 Å². The number of likely N-dealkylation sites (N-methyl/N-ethyl adjacent to an activating group) is 1. The van der Waals surface area contributed by atoms with Crippen molar-refractivity contribution in [1.82, 2.24) is 10.0 Å². The van der Waals surface area contributed by atoms with Crippen molar-refractivity contribution in [2.75, 3.05) is 24.2 Å². The van der Waals surface area contributed by atoms with Crippen LogP contribution in [0, 0.1) is 6.92 Å². The zero-order valence-electron chi connectivity index (χ0n) is 19.1. The standard InChI is InChI=1S/C24H28N4O5/c1-14-8-10-16(11-9-14)25-21(29)15-6-5-7-17(12-15)26-23(30)28-22-20-19(32-24(2,3)33-20)18(31-22)13-27(28)4/h5-12,18-20,22H,13H2,1-4H3,(H,25,29)(H,26,30)/t18-,19-,20-,22-/m1/s1. The van der Waals surface area contributed by atoms with Crippen LogP contribution in [0.15, 0.2) is 48.5 Å². The molecule has 9 heteroatoms. The second kappa shape index (κ2) is 8.11. The van der Waals surface area contributed by atoms with E-state index >= 15 is 0 Å². The number of hydrazine groups is 1. The highest BCUT2D eigenvalue weighted by molar-refractivity contribution is 6.05. The van der Waals surface area contributed by atoms with Gasteiger partial charge in [0.2, 0.25) is 0 Å². The lowest BCUT2D eigenvalue weighted by Gasteiger charge is -2.42. The van der Waals surface area contributed by atoms with Crippen LogP contribution in [0.4, 0.5) is 16.2 Å². The predicted molar refractivity (Wildman–Crippen MR) is 122 cm³/mol. The van der Waals surface area contributed by atoms with Gasteiger partial charge in [0.15, 0.2) is 12.0 Å². The number of ether oxygens (including phenoxy) is 3. The number of aryl methyl sites for hydroxylation is 1. The first kappa shape index (κ1) is 21.8. The Morgan fingerprint density at radius 3 is 2.48 bits per heavy atom. The molecule has 0 aromatic heterocycles. The van der Waals surface area contributed by atoms with E-state index in [-0.39, 0.29) is 30.3 Å². The van der Waals surface area contributed by atoms with Crippen molar-refractivity contribution in [3.63, 3.8) is 0 Å². The SMILES string of the molecule is Cc1ccc(NC(=O)c2cccc(NC(=O)N3[C@@H]4O[C@H](CN3C)[C@H]3OC(C)(C)O[C@H]34)c2)cc1. The highest BCUT2D eigenvalue weighted by atomic mass is 16.8. The quantitative estimate of drug-likeness (QED) is 0.743. The summed E-state index contributed by atoms with van der Waals surface area (Å²) in [4.78, 5) is 25.9. The number of urea groups is 1. The van der Waals surface area contributed by atoms with Crippen LogP contribution in [-0.2, 0) is 14.2 Å². The van der Waals surface area contributed by atoms with E-state index in [4.69, 9.17) is 14.2 Å². The van der Waals surface area contributed by atoms with E-state index in [0.29, 0.717) is 23.5 Å². The topological polar surface area (TPSA) is 92.4 Å². The second-order valence-electron chi connectivity index (χ2n) is 9.15. The van der Waals surface area contributed by atoms with E-state index in [1.165, 1.54) is 5.01 Å². The zero-order valence-corrected chi connectivity index (χ0v) is 19.1. The lowest BCUT2D eigenvalue weighted by molar-refractivity contribution is -0.247. The van der Waals surface area contributed by atoms with E-state index in [1.54, 1.807) is 24.3 Å². The molecule has 3 amide bonds. The molecule has 3 saturated heterocycles. The maximum absolute atomic E-state index is 13.2. The highest BCUT2D eigenvalue weighted by Crippen LogP contribution is 2.42. The van der Waals surface area contributed by atoms with Crippen LogP contribution in [-0.4, -0.2) is 65.9 Å². The Bertz CT molecular complexity index is 1070. The number of hydrogen-bond acceptors (Lipinski definition) is 6. The van der Waals surface area contributed by atoms with Gasteiger partial charge in [0.1, 0.15) is 18.3 Å². The van der Waals surface area contributed by atoms with Crippen LogP contribution in [0.25, 0.3) is 0 Å². The Labute approximate surface area is 192 Å². The summed E-state index contributed by atoms with van der Waals surface area (Å²) in [5.41, 5.74) is 2.76. The molecule has 3 heterocycles. The normalized spacial score (nSPS) is 27.8. The molecule has 4 atom stereocenters. The molecule has 2 aromatic carbocycles. The Kier molecular flexibility index (Phi) is 5.37. The number of rotatable bonds is 3. The Hall–Kier alpha value is -2.98. The minimum absolute atomic E-state index is 0.162. The number of amides is 3. The summed E-state index contributed by atoms with van der Waals surface area (Å²) in [7, 11) is 1.83. The number of fused-ring (bicyclic) bond motifs is 5. The summed E-state index contributed by atoms with van der Waals surface area (Å²) < 4.78 is 18.1. The number of carbonyl (C=O) groups excluding carboxylic acids is 2. The molecule has 0 aliphatic carbocycles. The molecule has 3 aliphatic rings. The van der Waals surface area contributed by atoms with Gasteiger partial charge in [-0.2, -0.15) is 0 Å². The maximum atomic E-state index is 13.2. The van der Waals surface area contributed by atoms with E-state index in [0.717, 1.165) is 5.56 Å². The van der Waals surface area contributed by atoms with E-state index in [9.17, 15) is 9.59 Å². The van der Waals surface area contributed by atoms with Gasteiger partial charge in [-0.05, 0) is 51.1 Å². The average molecular weight is 453 g/mol. The van der Waals surface area contributed by atoms with E-state index < -0.39 is 12.0 Å². The third-order valence-electron chi connectivity index (χ3n) is 6.07. The van der Waals surface area contributed by atoms with Gasteiger partial charge in [0, 0.05) is 30.5 Å². The molecule has 3 aliphatic heterocycles. The first-order valence-electron chi connectivity index (χ1n) is 11.0. The van der Waals surface area contributed by atoms with E-state index in [2.05, 4.69) is 10.6 Å². The van der Waals surface area contributed by atoms with E-state index in [1.807, 2.05) is 57.1 Å². The van der Waals surface area contributed by atoms with Gasteiger partial charge in [-0.1, -0.05) is 23.8 Å². The van der Waals surface area contributed by atoms with Crippen molar-refractivity contribution >= 4 is 23.3 Å². The molecule has 2 bridgehead atoms. The molecule has 9 nitrogen and oxygen atoms in total. The first-order chi connectivity index (χ1) is 15.7. The summed E-state index contributed by atoms with van der Waals surface area (Å²) in [5.74, 6) is -0.971. The summed E-state index contributed by atoms with van der Waals surface area (Å²) in [6, 6.07) is 14.0. The molecule has 33 heavy (non-hydrogen) atoms. The number of carbonyl (C=O) groups is 2. The third-order valence-corrected chi connectivity index (χ3v) is 6.07. The van der Waals surface area contributed by atoms with Gasteiger partial charge < -0.3 is 24.8 Å². The molecular formula is C24H28N4O5. The van der Waals surface area contributed by atoms with Gasteiger partial charge in [-0.15, -0.1) is 0 Å². The Morgan fingerprint density at radius 1 is 1.00 bits per heavy atom. The fourth-order valence-corrected chi connectivity index (χ4v) is 4.58. The minimum atomic E-state index is -0.715. The van der Waals surface area contributed by atoms with Gasteiger partial charge in [0.25, 0.3) is 5.91 Å². The van der Waals surface area contributed by atoms with Gasteiger partial charge >= 0.3 is 6.03 Å². The van der Waals surface area contributed by atoms with Crippen LogP contribution in [0.5, 0.6) is 0 Å². The smallest absolute Gasteiger partial charge is 0.338 e. The van der Waals surface area contributed by atoms with Crippen molar-refractivity contribution in [3.8, 4) is 0 Å². The summed E-state index contributed by atoms with van der Waals surface area (Å²) in [5, 5.41) is 9.09. The summed E-state index contributed by atoms with van der Waals surface area (Å²) in [6.45, 7) is 6.22. The highest BCUT2D eigenvalue weighted by Gasteiger charge is 2.61. The Balaban J connectivity index is 1.29. The van der Waals surface area contributed by atoms with Gasteiger partial charge in [-0.25, -0.2) is 14.8 Å². The summed E-state index contributed by atoms with van der Waals surface area (Å²) in [6.07, 6.45) is -1.34. The fourth-order valence-electron chi connectivity index (χ4n) is 4.58. The molecular weight excluding hydrogens is 424 g/mol. The molecule has 0 saturated carbocycles. The molecule has 174 valence electrons. The molecule has 2 aromatic rings. The van der Waals surface area contributed by atoms with Crippen molar-refractivity contribution < 1.29 is 23.8 Å². The second-order valence-corrected chi connectivity index (χ2v) is 9.15. The van der Waals surface area contributed by atoms with Crippen molar-refractivity contribution in [3.05, 3.63) is 59.7 Å². The Morgan fingerprint density at radius 2 is 1.73 bits per heavy atom. The molecule has 2 N–H and O–H groups in total. The van der Waals surface area contributed by atoms with Crippen molar-refractivity contribution in [1.29, 1.82) is 0 Å². The largest absolute Gasteiger partial charge is 0.346 e. The van der Waals surface area contributed by atoms with Crippen LogP contribution >= 0.6 is 0 Å². The third kappa shape index (κ3) is 4.20. The molecule has 0 unspecified atom stereocenters. The van der Waals surface area contributed by atoms with Crippen LogP contribution < -0.4 is 10.6 Å². The maximum Gasteiger partial charge on any atom is 0.338 e. The van der Waals surface area contributed by atoms with Crippen molar-refractivity contribution in [2.24, 2.45) is 0 Å². The average Bonchev–Trinajstić information content (AvgIpc) is 3.21. The van der Waals surface area contributed by atoms with Crippen LogP contribution in [0.2, 0.25) is 0 Å². The molecule has 0 spiro atoms. The number of nitrogens with one attached hydrogen (secondary N) is 2. The lowest BCUT2D eigenvalue weighted by Crippen LogP contribution is -2.59. The number of anilines is 2. The summed E-state index contributed by atoms with van der Waals surface area (Å²) >= 11 is 0. The minimum Gasteiger partial charge on any atom is -0.346 e.